The van der Waals surface area contributed by atoms with Gasteiger partial charge in [-0.3, -0.25) is 24.3 Å². The third-order valence-electron chi connectivity index (χ3n) is 3.83. The van der Waals surface area contributed by atoms with E-state index in [0.717, 1.165) is 16.2 Å². The van der Waals surface area contributed by atoms with E-state index < -0.39 is 0 Å². The van der Waals surface area contributed by atoms with Gasteiger partial charge in [-0.2, -0.15) is 0 Å². The summed E-state index contributed by atoms with van der Waals surface area (Å²) in [6, 6.07) is 13.3. The van der Waals surface area contributed by atoms with Crippen LogP contribution in [0.3, 0.4) is 0 Å². The number of anilines is 1. The maximum atomic E-state index is 11.9. The second-order valence-corrected chi connectivity index (χ2v) is 5.54. The van der Waals surface area contributed by atoms with Gasteiger partial charge < -0.3 is 5.32 Å². The molecule has 24 heavy (non-hydrogen) atoms. The molecule has 1 aromatic heterocycles. The summed E-state index contributed by atoms with van der Waals surface area (Å²) in [5.41, 5.74) is 2.40. The molecule has 0 spiro atoms. The van der Waals surface area contributed by atoms with Crippen LogP contribution in [0.2, 0.25) is 0 Å². The van der Waals surface area contributed by atoms with Gasteiger partial charge in [0, 0.05) is 31.4 Å². The molecule has 3 amide bonds. The molecule has 1 fully saturated rings. The Morgan fingerprint density at radius 1 is 1.04 bits per heavy atom. The first kappa shape index (κ1) is 15.9. The van der Waals surface area contributed by atoms with Gasteiger partial charge in [0.25, 0.3) is 0 Å². The number of imide groups is 1. The highest BCUT2D eigenvalue weighted by atomic mass is 16.2. The van der Waals surface area contributed by atoms with Crippen LogP contribution < -0.4 is 5.32 Å². The lowest BCUT2D eigenvalue weighted by molar-refractivity contribution is -0.138. The van der Waals surface area contributed by atoms with Gasteiger partial charge in [0.15, 0.2) is 0 Å². The standard InChI is InChI=1S/C18H17N3O3/c22-16(10-11-21-17(23)8-9-18(21)24)20-14-6-7-15(19-12-14)13-4-2-1-3-5-13/h1-7,12H,8-11H2,(H,20,22). The Labute approximate surface area is 139 Å². The summed E-state index contributed by atoms with van der Waals surface area (Å²) < 4.78 is 0. The molecule has 0 unspecified atom stereocenters. The normalized spacial score (nSPS) is 14.1. The van der Waals surface area contributed by atoms with Gasteiger partial charge in [-0.25, -0.2) is 0 Å². The van der Waals surface area contributed by atoms with Crippen LogP contribution in [0.4, 0.5) is 5.69 Å². The second kappa shape index (κ2) is 7.04. The maximum Gasteiger partial charge on any atom is 0.229 e. The van der Waals surface area contributed by atoms with Crippen molar-refractivity contribution in [1.82, 2.24) is 9.88 Å². The molecule has 1 aliphatic rings. The Bertz CT molecular complexity index is 741. The summed E-state index contributed by atoms with van der Waals surface area (Å²) in [4.78, 5) is 40.4. The summed E-state index contributed by atoms with van der Waals surface area (Å²) in [6.45, 7) is 0.124. The molecule has 0 atom stereocenters. The third kappa shape index (κ3) is 3.65. The van der Waals surface area contributed by atoms with Crippen LogP contribution in [-0.4, -0.2) is 34.2 Å². The zero-order valence-electron chi connectivity index (χ0n) is 13.1. The summed E-state index contributed by atoms with van der Waals surface area (Å²) >= 11 is 0. The minimum atomic E-state index is -0.253. The fraction of sp³-hybridized carbons (Fsp3) is 0.222. The van der Waals surface area contributed by atoms with E-state index in [0.29, 0.717) is 5.69 Å². The number of nitrogens with zero attached hydrogens (tertiary/aromatic N) is 2. The molecular weight excluding hydrogens is 306 g/mol. The van der Waals surface area contributed by atoms with Crippen molar-refractivity contribution in [3.8, 4) is 11.3 Å². The van der Waals surface area contributed by atoms with E-state index in [1.165, 1.54) is 0 Å². The van der Waals surface area contributed by atoms with Gasteiger partial charge in [-0.05, 0) is 12.1 Å². The fourth-order valence-electron chi connectivity index (χ4n) is 2.56. The van der Waals surface area contributed by atoms with E-state index in [-0.39, 0.29) is 43.5 Å². The average Bonchev–Trinajstić information content (AvgIpc) is 2.93. The van der Waals surface area contributed by atoms with Crippen molar-refractivity contribution in [3.05, 3.63) is 48.7 Å². The molecule has 0 aliphatic carbocycles. The molecule has 0 saturated carbocycles. The molecule has 1 N–H and O–H groups in total. The van der Waals surface area contributed by atoms with Crippen molar-refractivity contribution in [3.63, 3.8) is 0 Å². The summed E-state index contributed by atoms with van der Waals surface area (Å²) in [5, 5.41) is 2.72. The third-order valence-corrected chi connectivity index (χ3v) is 3.83. The number of carbonyl (C=O) groups is 3. The molecule has 0 bridgehead atoms. The van der Waals surface area contributed by atoms with E-state index in [1.54, 1.807) is 12.3 Å². The highest BCUT2D eigenvalue weighted by Crippen LogP contribution is 2.18. The molecule has 6 heteroatoms. The predicted molar refractivity (Wildman–Crippen MR) is 88.9 cm³/mol. The van der Waals surface area contributed by atoms with Crippen molar-refractivity contribution >= 4 is 23.4 Å². The lowest BCUT2D eigenvalue weighted by atomic mass is 10.1. The highest BCUT2D eigenvalue weighted by Gasteiger charge is 2.28. The van der Waals surface area contributed by atoms with Gasteiger partial charge >= 0.3 is 0 Å². The topological polar surface area (TPSA) is 79.4 Å². The molecule has 2 heterocycles. The first-order valence-corrected chi connectivity index (χ1v) is 7.78. The number of benzene rings is 1. The predicted octanol–water partition coefficient (Wildman–Crippen LogP) is 2.23. The van der Waals surface area contributed by atoms with Crippen molar-refractivity contribution in [2.45, 2.75) is 19.3 Å². The van der Waals surface area contributed by atoms with Crippen molar-refractivity contribution < 1.29 is 14.4 Å². The zero-order valence-corrected chi connectivity index (χ0v) is 13.1. The molecule has 1 aromatic carbocycles. The first-order valence-electron chi connectivity index (χ1n) is 7.78. The van der Waals surface area contributed by atoms with Crippen LogP contribution in [-0.2, 0) is 14.4 Å². The molecule has 1 saturated heterocycles. The van der Waals surface area contributed by atoms with Crippen molar-refractivity contribution in [1.29, 1.82) is 0 Å². The minimum absolute atomic E-state index is 0.0813. The number of hydrogen-bond acceptors (Lipinski definition) is 4. The number of carbonyl (C=O) groups excluding carboxylic acids is 3. The van der Waals surface area contributed by atoms with E-state index in [4.69, 9.17) is 0 Å². The van der Waals surface area contributed by atoms with E-state index in [1.807, 2.05) is 36.4 Å². The number of aromatic nitrogens is 1. The van der Waals surface area contributed by atoms with Gasteiger partial charge in [-0.15, -0.1) is 0 Å². The number of rotatable bonds is 5. The van der Waals surface area contributed by atoms with Crippen LogP contribution >= 0.6 is 0 Å². The largest absolute Gasteiger partial charge is 0.325 e. The second-order valence-electron chi connectivity index (χ2n) is 5.54. The molecule has 122 valence electrons. The van der Waals surface area contributed by atoms with Crippen LogP contribution in [0.15, 0.2) is 48.7 Å². The molecular formula is C18H17N3O3. The number of nitrogens with one attached hydrogen (secondary N) is 1. The minimum Gasteiger partial charge on any atom is -0.325 e. The Morgan fingerprint density at radius 2 is 1.75 bits per heavy atom. The maximum absolute atomic E-state index is 11.9. The Kier molecular flexibility index (Phi) is 4.65. The van der Waals surface area contributed by atoms with Crippen molar-refractivity contribution in [2.24, 2.45) is 0 Å². The number of hydrogen-bond donors (Lipinski definition) is 1. The Hall–Kier alpha value is -3.02. The van der Waals surface area contributed by atoms with Gasteiger partial charge in [0.2, 0.25) is 17.7 Å². The van der Waals surface area contributed by atoms with Crippen LogP contribution in [0.5, 0.6) is 0 Å². The smallest absolute Gasteiger partial charge is 0.229 e. The number of likely N-dealkylation sites (tertiary alicyclic amines) is 1. The summed E-state index contributed by atoms with van der Waals surface area (Å²) in [6.07, 6.45) is 2.15. The number of pyridine rings is 1. The van der Waals surface area contributed by atoms with Gasteiger partial charge in [-0.1, -0.05) is 30.3 Å². The average molecular weight is 323 g/mol. The fourth-order valence-corrected chi connectivity index (χ4v) is 2.56. The zero-order chi connectivity index (χ0) is 16.9. The number of amides is 3. The molecule has 3 rings (SSSR count). The Balaban J connectivity index is 1.55. The molecule has 2 aromatic rings. The highest BCUT2D eigenvalue weighted by molar-refractivity contribution is 6.02. The van der Waals surface area contributed by atoms with E-state index in [2.05, 4.69) is 10.3 Å². The first-order chi connectivity index (χ1) is 11.6. The van der Waals surface area contributed by atoms with E-state index in [9.17, 15) is 14.4 Å². The molecule has 1 aliphatic heterocycles. The van der Waals surface area contributed by atoms with E-state index >= 15 is 0 Å². The molecule has 6 nitrogen and oxygen atoms in total. The van der Waals surface area contributed by atoms with Crippen LogP contribution in [0.1, 0.15) is 19.3 Å². The van der Waals surface area contributed by atoms with Crippen LogP contribution in [0.25, 0.3) is 11.3 Å². The quantitative estimate of drug-likeness (QED) is 0.856. The molecule has 0 radical (unpaired) electrons. The lowest BCUT2D eigenvalue weighted by Crippen LogP contribution is -2.32. The van der Waals surface area contributed by atoms with Gasteiger partial charge in [0.05, 0.1) is 17.6 Å². The lowest BCUT2D eigenvalue weighted by Gasteiger charge is -2.13. The monoisotopic (exact) mass is 323 g/mol. The summed E-state index contributed by atoms with van der Waals surface area (Å²) in [5.74, 6) is -0.667. The van der Waals surface area contributed by atoms with Gasteiger partial charge in [0.1, 0.15) is 0 Å². The van der Waals surface area contributed by atoms with Crippen molar-refractivity contribution in [2.75, 3.05) is 11.9 Å². The Morgan fingerprint density at radius 3 is 2.38 bits per heavy atom. The summed E-state index contributed by atoms with van der Waals surface area (Å²) in [7, 11) is 0. The SMILES string of the molecule is O=C(CCN1C(=O)CCC1=O)Nc1ccc(-c2ccccc2)nc1. The van der Waals surface area contributed by atoms with Crippen LogP contribution in [0, 0.1) is 0 Å².